The van der Waals surface area contributed by atoms with E-state index in [0.717, 1.165) is 11.0 Å². The summed E-state index contributed by atoms with van der Waals surface area (Å²) in [6.07, 6.45) is 0.0877. The van der Waals surface area contributed by atoms with Crippen LogP contribution in [0.25, 0.3) is 0 Å². The van der Waals surface area contributed by atoms with Crippen LogP contribution in [0.3, 0.4) is 0 Å². The van der Waals surface area contributed by atoms with Gasteiger partial charge in [0.2, 0.25) is 15.9 Å². The first-order valence-electron chi connectivity index (χ1n) is 8.17. The Kier molecular flexibility index (Phi) is 7.38. The van der Waals surface area contributed by atoms with E-state index in [1.807, 2.05) is 30.3 Å². The highest BCUT2D eigenvalue weighted by Crippen LogP contribution is 2.29. The summed E-state index contributed by atoms with van der Waals surface area (Å²) in [4.78, 5) is 23.2. The molecule has 1 atom stereocenters. The standard InChI is InChI=1S/C17H20N4O5S2/c1-19-17(22)9-12(11-27-13-5-3-2-4-6-13)20-15-8-7-14(28(18,25)26)10-16(15)21(23)24/h2-8,10,12,20H,9,11H2,1H3,(H,19,22)(H2,18,25,26). The van der Waals surface area contributed by atoms with Crippen LogP contribution in [0.4, 0.5) is 11.4 Å². The molecule has 1 unspecified atom stereocenters. The third-order valence-corrected chi connectivity index (χ3v) is 5.84. The van der Waals surface area contributed by atoms with Crippen LogP contribution in [0.2, 0.25) is 0 Å². The Morgan fingerprint density at radius 1 is 1.25 bits per heavy atom. The van der Waals surface area contributed by atoms with E-state index in [-0.39, 0.29) is 22.9 Å². The summed E-state index contributed by atoms with van der Waals surface area (Å²) >= 11 is 1.49. The Labute approximate surface area is 166 Å². The van der Waals surface area contributed by atoms with Crippen molar-refractivity contribution in [1.29, 1.82) is 0 Å². The van der Waals surface area contributed by atoms with Gasteiger partial charge in [-0.05, 0) is 24.3 Å². The van der Waals surface area contributed by atoms with Gasteiger partial charge in [0.25, 0.3) is 5.69 Å². The van der Waals surface area contributed by atoms with Crippen molar-refractivity contribution in [3.63, 3.8) is 0 Å². The van der Waals surface area contributed by atoms with E-state index >= 15 is 0 Å². The molecule has 0 bridgehead atoms. The van der Waals surface area contributed by atoms with Crippen molar-refractivity contribution in [3.8, 4) is 0 Å². The number of sulfonamides is 1. The molecule has 28 heavy (non-hydrogen) atoms. The summed E-state index contributed by atoms with van der Waals surface area (Å²) in [7, 11) is -2.57. The van der Waals surface area contributed by atoms with E-state index in [4.69, 9.17) is 5.14 Å². The summed E-state index contributed by atoms with van der Waals surface area (Å²) in [6, 6.07) is 12.5. The molecule has 9 nitrogen and oxygen atoms in total. The molecule has 2 aromatic carbocycles. The molecule has 2 rings (SSSR count). The number of amides is 1. The molecule has 1 amide bonds. The Bertz CT molecular complexity index is 951. The van der Waals surface area contributed by atoms with E-state index in [1.165, 1.54) is 30.9 Å². The Balaban J connectivity index is 2.26. The van der Waals surface area contributed by atoms with Crippen LogP contribution in [0.15, 0.2) is 58.3 Å². The number of nitro benzene ring substituents is 1. The van der Waals surface area contributed by atoms with Gasteiger partial charge in [-0.3, -0.25) is 14.9 Å². The maximum absolute atomic E-state index is 11.8. The Morgan fingerprint density at radius 3 is 2.50 bits per heavy atom. The van der Waals surface area contributed by atoms with Gasteiger partial charge in [0, 0.05) is 36.2 Å². The van der Waals surface area contributed by atoms with Crippen LogP contribution in [0.5, 0.6) is 0 Å². The summed E-state index contributed by atoms with van der Waals surface area (Å²) < 4.78 is 22.9. The zero-order valence-electron chi connectivity index (χ0n) is 15.0. The first-order valence-corrected chi connectivity index (χ1v) is 10.7. The zero-order valence-corrected chi connectivity index (χ0v) is 16.6. The maximum Gasteiger partial charge on any atom is 0.293 e. The second-order valence-corrected chi connectivity index (χ2v) is 8.48. The van der Waals surface area contributed by atoms with Crippen LogP contribution in [0.1, 0.15) is 6.42 Å². The molecule has 0 saturated carbocycles. The third kappa shape index (κ3) is 6.22. The summed E-state index contributed by atoms with van der Waals surface area (Å²) in [6.45, 7) is 0. The lowest BCUT2D eigenvalue weighted by atomic mass is 10.2. The number of nitro groups is 1. The number of benzene rings is 2. The van der Waals surface area contributed by atoms with Crippen molar-refractivity contribution in [3.05, 3.63) is 58.6 Å². The number of anilines is 1. The number of nitrogens with zero attached hydrogens (tertiary/aromatic N) is 1. The molecule has 0 saturated heterocycles. The van der Waals surface area contributed by atoms with Crippen LogP contribution < -0.4 is 15.8 Å². The third-order valence-electron chi connectivity index (χ3n) is 3.76. The molecule has 150 valence electrons. The molecule has 0 aliphatic rings. The van der Waals surface area contributed by atoms with Gasteiger partial charge in [-0.1, -0.05) is 18.2 Å². The quantitative estimate of drug-likeness (QED) is 0.317. The fourth-order valence-corrected chi connectivity index (χ4v) is 3.85. The van der Waals surface area contributed by atoms with E-state index in [1.54, 1.807) is 0 Å². The number of carbonyl (C=O) groups is 1. The monoisotopic (exact) mass is 424 g/mol. The highest BCUT2D eigenvalue weighted by atomic mass is 32.2. The fraction of sp³-hybridized carbons (Fsp3) is 0.235. The first kappa shape index (κ1) is 21.7. The second-order valence-electron chi connectivity index (χ2n) is 5.82. The van der Waals surface area contributed by atoms with Gasteiger partial charge >= 0.3 is 0 Å². The minimum atomic E-state index is -4.07. The Morgan fingerprint density at radius 2 is 1.93 bits per heavy atom. The lowest BCUT2D eigenvalue weighted by molar-refractivity contribution is -0.384. The predicted octanol–water partition coefficient (Wildman–Crippen LogP) is 1.95. The van der Waals surface area contributed by atoms with Gasteiger partial charge in [-0.15, -0.1) is 11.8 Å². The number of nitrogens with one attached hydrogen (secondary N) is 2. The van der Waals surface area contributed by atoms with Crippen LogP contribution >= 0.6 is 11.8 Å². The summed E-state index contributed by atoms with van der Waals surface area (Å²) in [5, 5.41) is 21.9. The molecule has 0 radical (unpaired) electrons. The average Bonchev–Trinajstić information content (AvgIpc) is 2.66. The molecule has 0 aliphatic heterocycles. The van der Waals surface area contributed by atoms with Crippen LogP contribution in [0, 0.1) is 10.1 Å². The number of nitrogens with two attached hydrogens (primary N) is 1. The molecular formula is C17H20N4O5S2. The second kappa shape index (κ2) is 9.53. The van der Waals surface area contributed by atoms with Crippen LogP contribution in [-0.2, 0) is 14.8 Å². The maximum atomic E-state index is 11.8. The number of primary sulfonamides is 1. The SMILES string of the molecule is CNC(=O)CC(CSc1ccccc1)Nc1ccc(S(N)(=O)=O)cc1[N+](=O)[O-]. The number of thioether (sulfide) groups is 1. The van der Waals surface area contributed by atoms with Crippen molar-refractivity contribution in [2.24, 2.45) is 5.14 Å². The van der Waals surface area contributed by atoms with Crippen LogP contribution in [-0.4, -0.2) is 38.1 Å². The minimum absolute atomic E-state index is 0.0877. The molecule has 0 spiro atoms. The molecule has 0 aliphatic carbocycles. The predicted molar refractivity (Wildman–Crippen MR) is 108 cm³/mol. The lowest BCUT2D eigenvalue weighted by Gasteiger charge is -2.19. The normalized spacial score (nSPS) is 12.2. The summed E-state index contributed by atoms with van der Waals surface area (Å²) in [5.74, 6) is 0.237. The topological polar surface area (TPSA) is 144 Å². The van der Waals surface area contributed by atoms with Gasteiger partial charge in [-0.2, -0.15) is 0 Å². The molecule has 0 heterocycles. The number of hydrogen-bond acceptors (Lipinski definition) is 7. The lowest BCUT2D eigenvalue weighted by Crippen LogP contribution is -2.31. The molecule has 11 heteroatoms. The van der Waals surface area contributed by atoms with Crippen molar-refractivity contribution in [2.45, 2.75) is 22.3 Å². The Hall–Kier alpha value is -2.63. The largest absolute Gasteiger partial charge is 0.375 e. The number of hydrogen-bond donors (Lipinski definition) is 3. The van der Waals surface area contributed by atoms with Crippen molar-refractivity contribution in [2.75, 3.05) is 18.1 Å². The van der Waals surface area contributed by atoms with Gasteiger partial charge in [0.15, 0.2) is 0 Å². The first-order chi connectivity index (χ1) is 13.2. The highest BCUT2D eigenvalue weighted by molar-refractivity contribution is 7.99. The van der Waals surface area contributed by atoms with Crippen molar-refractivity contribution >= 4 is 39.1 Å². The van der Waals surface area contributed by atoms with E-state index < -0.39 is 26.7 Å². The average molecular weight is 425 g/mol. The van der Waals surface area contributed by atoms with Crippen molar-refractivity contribution in [1.82, 2.24) is 5.32 Å². The minimum Gasteiger partial charge on any atom is -0.375 e. The van der Waals surface area contributed by atoms with E-state index in [0.29, 0.717) is 5.75 Å². The van der Waals surface area contributed by atoms with Crippen molar-refractivity contribution < 1.29 is 18.1 Å². The molecule has 2 aromatic rings. The number of carbonyl (C=O) groups excluding carboxylic acids is 1. The number of rotatable bonds is 9. The smallest absolute Gasteiger partial charge is 0.293 e. The van der Waals surface area contributed by atoms with Gasteiger partial charge in [0.05, 0.1) is 9.82 Å². The summed E-state index contributed by atoms with van der Waals surface area (Å²) in [5.41, 5.74) is -0.321. The zero-order chi connectivity index (χ0) is 20.7. The highest BCUT2D eigenvalue weighted by Gasteiger charge is 2.22. The molecular weight excluding hydrogens is 404 g/mol. The van der Waals surface area contributed by atoms with Gasteiger partial charge in [-0.25, -0.2) is 13.6 Å². The van der Waals surface area contributed by atoms with E-state index in [2.05, 4.69) is 10.6 Å². The molecule has 0 fully saturated rings. The van der Waals surface area contributed by atoms with Gasteiger partial charge < -0.3 is 10.6 Å². The molecule has 4 N–H and O–H groups in total. The molecule has 0 aromatic heterocycles. The fourth-order valence-electron chi connectivity index (χ4n) is 2.37. The van der Waals surface area contributed by atoms with E-state index in [9.17, 15) is 23.3 Å². The van der Waals surface area contributed by atoms with Gasteiger partial charge in [0.1, 0.15) is 5.69 Å².